The highest BCUT2D eigenvalue weighted by Gasteiger charge is 2.29. The zero-order valence-corrected chi connectivity index (χ0v) is 13.7. The Morgan fingerprint density at radius 2 is 2.00 bits per heavy atom. The van der Waals surface area contributed by atoms with E-state index in [1.165, 1.54) is 11.8 Å². The van der Waals surface area contributed by atoms with Crippen molar-refractivity contribution >= 4 is 41.3 Å². The van der Waals surface area contributed by atoms with E-state index < -0.39 is 29.8 Å². The van der Waals surface area contributed by atoms with E-state index in [0.29, 0.717) is 5.69 Å². The van der Waals surface area contributed by atoms with Crippen LogP contribution in [-0.2, 0) is 23.9 Å². The number of amides is 3. The summed E-state index contributed by atoms with van der Waals surface area (Å²) in [4.78, 5) is 47.0. The number of esters is 1. The van der Waals surface area contributed by atoms with Crippen molar-refractivity contribution in [2.75, 3.05) is 18.5 Å². The lowest BCUT2D eigenvalue weighted by atomic mass is 10.2. The average molecular weight is 352 g/mol. The molecule has 1 atom stereocenters. The molecule has 24 heavy (non-hydrogen) atoms. The molecule has 0 fully saturated rings. The van der Waals surface area contributed by atoms with E-state index in [0.717, 1.165) is 4.90 Å². The van der Waals surface area contributed by atoms with Crippen molar-refractivity contribution in [3.8, 4) is 0 Å². The van der Waals surface area contributed by atoms with Gasteiger partial charge in [0.05, 0.1) is 24.0 Å². The maximum Gasteiger partial charge on any atom is 0.413 e. The van der Waals surface area contributed by atoms with Crippen LogP contribution in [0, 0.1) is 0 Å². The summed E-state index contributed by atoms with van der Waals surface area (Å²) in [5, 5.41) is 3.97. The summed E-state index contributed by atoms with van der Waals surface area (Å²) in [5.41, 5.74) is 0.700. The predicted molar refractivity (Wildman–Crippen MR) is 85.5 cm³/mol. The summed E-state index contributed by atoms with van der Waals surface area (Å²) in [7, 11) is 0. The molecule has 8 nitrogen and oxygen atoms in total. The van der Waals surface area contributed by atoms with E-state index in [9.17, 15) is 19.2 Å². The van der Waals surface area contributed by atoms with Crippen molar-refractivity contribution in [1.29, 1.82) is 0 Å². The first-order valence-electron chi connectivity index (χ1n) is 7.18. The van der Waals surface area contributed by atoms with E-state index in [1.54, 1.807) is 19.1 Å². The van der Waals surface area contributed by atoms with Crippen LogP contribution in [0.25, 0.3) is 0 Å². The van der Waals surface area contributed by atoms with Gasteiger partial charge in [0.2, 0.25) is 5.91 Å². The quantitative estimate of drug-likeness (QED) is 0.769. The molecule has 1 heterocycles. The van der Waals surface area contributed by atoms with Gasteiger partial charge in [0.1, 0.15) is 0 Å². The largest absolute Gasteiger partial charge is 0.456 e. The highest BCUT2D eigenvalue weighted by Crippen LogP contribution is 2.36. The van der Waals surface area contributed by atoms with Crippen LogP contribution in [0.2, 0.25) is 0 Å². The van der Waals surface area contributed by atoms with Gasteiger partial charge in [-0.05, 0) is 19.1 Å². The van der Waals surface area contributed by atoms with Gasteiger partial charge in [-0.2, -0.15) is 0 Å². The minimum absolute atomic E-state index is 0.119. The molecule has 0 bridgehead atoms. The molecule has 0 saturated heterocycles. The number of anilines is 1. The third-order valence-electron chi connectivity index (χ3n) is 2.94. The van der Waals surface area contributed by atoms with Crippen LogP contribution in [-0.4, -0.2) is 42.3 Å². The molecule has 0 spiro atoms. The molecule has 2 N–H and O–H groups in total. The van der Waals surface area contributed by atoms with Crippen molar-refractivity contribution in [1.82, 2.24) is 5.32 Å². The minimum atomic E-state index is -0.905. The predicted octanol–water partition coefficient (Wildman–Crippen LogP) is 1.31. The lowest BCUT2D eigenvalue weighted by Crippen LogP contribution is -2.35. The van der Waals surface area contributed by atoms with Crippen molar-refractivity contribution in [2.45, 2.75) is 23.5 Å². The zero-order valence-electron chi connectivity index (χ0n) is 12.9. The van der Waals surface area contributed by atoms with Gasteiger partial charge in [-0.1, -0.05) is 12.1 Å². The summed E-state index contributed by atoms with van der Waals surface area (Å²) >= 11 is 1.26. The Kier molecular flexibility index (Phi) is 6.19. The number of fused-ring (bicyclic) bond motifs is 1. The zero-order chi connectivity index (χ0) is 17.5. The second kappa shape index (κ2) is 8.34. The number of benzene rings is 1. The monoisotopic (exact) mass is 352 g/mol. The normalized spacial score (nSPS) is 15.7. The van der Waals surface area contributed by atoms with Gasteiger partial charge in [-0.3, -0.25) is 19.7 Å². The summed E-state index contributed by atoms with van der Waals surface area (Å²) in [6.07, 6.45) is -1.09. The SMILES string of the molecule is CCOC(=O)NC(=O)COC(=O)CC1Sc2ccccc2NC1=O. The fourth-order valence-corrected chi connectivity index (χ4v) is 3.00. The molecule has 0 radical (unpaired) electrons. The molecule has 3 amide bonds. The number of nitrogens with one attached hydrogen (secondary N) is 2. The van der Waals surface area contributed by atoms with Gasteiger partial charge in [-0.15, -0.1) is 11.8 Å². The highest BCUT2D eigenvalue weighted by atomic mass is 32.2. The molecule has 1 aliphatic rings. The summed E-state index contributed by atoms with van der Waals surface area (Å²) < 4.78 is 9.29. The Labute approximate surface area is 142 Å². The van der Waals surface area contributed by atoms with E-state index >= 15 is 0 Å². The molecule has 2 rings (SSSR count). The van der Waals surface area contributed by atoms with E-state index in [1.807, 2.05) is 17.4 Å². The Hall–Kier alpha value is -2.55. The van der Waals surface area contributed by atoms with Crippen LogP contribution in [0.15, 0.2) is 29.2 Å². The Balaban J connectivity index is 1.79. The molecule has 0 aromatic heterocycles. The lowest BCUT2D eigenvalue weighted by Gasteiger charge is -2.23. The summed E-state index contributed by atoms with van der Waals surface area (Å²) in [6.45, 7) is 1.09. The van der Waals surface area contributed by atoms with Gasteiger partial charge < -0.3 is 14.8 Å². The molecular weight excluding hydrogens is 336 g/mol. The second-order valence-electron chi connectivity index (χ2n) is 4.73. The Morgan fingerprint density at radius 1 is 1.25 bits per heavy atom. The van der Waals surface area contributed by atoms with Crippen molar-refractivity contribution in [3.63, 3.8) is 0 Å². The lowest BCUT2D eigenvalue weighted by molar-refractivity contribution is -0.148. The molecule has 1 aromatic rings. The third-order valence-corrected chi connectivity index (χ3v) is 4.22. The fraction of sp³-hybridized carbons (Fsp3) is 0.333. The van der Waals surface area contributed by atoms with Crippen molar-refractivity contribution in [3.05, 3.63) is 24.3 Å². The molecule has 128 valence electrons. The number of para-hydroxylation sites is 1. The van der Waals surface area contributed by atoms with E-state index in [-0.39, 0.29) is 18.9 Å². The molecule has 1 unspecified atom stereocenters. The van der Waals surface area contributed by atoms with Crippen LogP contribution in [0.4, 0.5) is 10.5 Å². The minimum Gasteiger partial charge on any atom is -0.456 e. The van der Waals surface area contributed by atoms with Crippen LogP contribution in [0.5, 0.6) is 0 Å². The standard InChI is InChI=1S/C15H16N2O6S/c1-2-22-15(21)17-12(18)8-23-13(19)7-11-14(20)16-9-5-3-4-6-10(9)24-11/h3-6,11H,2,7-8H2,1H3,(H,16,20)(H,17,18,21). The van der Waals surface area contributed by atoms with Crippen LogP contribution < -0.4 is 10.6 Å². The average Bonchev–Trinajstić information content (AvgIpc) is 2.54. The topological polar surface area (TPSA) is 111 Å². The van der Waals surface area contributed by atoms with Gasteiger partial charge in [0.25, 0.3) is 5.91 Å². The first-order chi connectivity index (χ1) is 11.5. The van der Waals surface area contributed by atoms with Crippen LogP contribution in [0.3, 0.4) is 0 Å². The van der Waals surface area contributed by atoms with Gasteiger partial charge in [0, 0.05) is 4.90 Å². The number of rotatable bonds is 5. The third kappa shape index (κ3) is 4.98. The molecule has 1 aliphatic heterocycles. The van der Waals surface area contributed by atoms with Crippen LogP contribution in [0.1, 0.15) is 13.3 Å². The van der Waals surface area contributed by atoms with E-state index in [2.05, 4.69) is 10.1 Å². The molecular formula is C15H16N2O6S. The van der Waals surface area contributed by atoms with Gasteiger partial charge >= 0.3 is 12.1 Å². The van der Waals surface area contributed by atoms with E-state index in [4.69, 9.17) is 4.74 Å². The fourth-order valence-electron chi connectivity index (χ4n) is 1.90. The van der Waals surface area contributed by atoms with Crippen molar-refractivity contribution in [2.24, 2.45) is 0 Å². The molecule has 1 aromatic carbocycles. The van der Waals surface area contributed by atoms with Gasteiger partial charge in [0.15, 0.2) is 6.61 Å². The summed E-state index contributed by atoms with van der Waals surface area (Å²) in [5.74, 6) is -1.81. The maximum absolute atomic E-state index is 12.0. The second-order valence-corrected chi connectivity index (χ2v) is 5.97. The molecule has 0 aliphatic carbocycles. The highest BCUT2D eigenvalue weighted by molar-refractivity contribution is 8.01. The maximum atomic E-state index is 12.0. The van der Waals surface area contributed by atoms with Crippen LogP contribution >= 0.6 is 11.8 Å². The van der Waals surface area contributed by atoms with Crippen molar-refractivity contribution < 1.29 is 28.7 Å². The number of ether oxygens (including phenoxy) is 2. The number of hydrogen-bond donors (Lipinski definition) is 2. The smallest absolute Gasteiger partial charge is 0.413 e. The number of imide groups is 1. The number of thioether (sulfide) groups is 1. The number of hydrogen-bond acceptors (Lipinski definition) is 7. The first-order valence-corrected chi connectivity index (χ1v) is 8.06. The molecule has 0 saturated carbocycles. The number of carbonyl (C=O) groups is 4. The Morgan fingerprint density at radius 3 is 2.75 bits per heavy atom. The first kappa shape index (κ1) is 17.8. The summed E-state index contributed by atoms with van der Waals surface area (Å²) in [6, 6.07) is 7.24. The number of alkyl carbamates (subject to hydrolysis) is 1. The molecule has 9 heteroatoms. The van der Waals surface area contributed by atoms with Gasteiger partial charge in [-0.25, -0.2) is 4.79 Å². The number of carbonyl (C=O) groups excluding carboxylic acids is 4. The Bertz CT molecular complexity index is 663.